The quantitative estimate of drug-likeness (QED) is 0.149. The maximum Gasteiger partial charge on any atom is 0.328 e. The molecule has 0 aliphatic heterocycles. The van der Waals surface area contributed by atoms with Gasteiger partial charge in [0.05, 0.1) is 27.4 Å². The van der Waals surface area contributed by atoms with Crippen molar-refractivity contribution in [1.29, 1.82) is 0 Å². The third-order valence-electron chi connectivity index (χ3n) is 4.68. The molecule has 0 heterocycles. The van der Waals surface area contributed by atoms with E-state index in [1.165, 1.54) is 0 Å². The minimum absolute atomic E-state index is 0.210. The largest absolute Gasteiger partial charge is 0.493 e. The predicted molar refractivity (Wildman–Crippen MR) is 138 cm³/mol. The van der Waals surface area contributed by atoms with Gasteiger partial charge in [0.25, 0.3) is 0 Å². The average Bonchev–Trinajstić information content (AvgIpc) is 2.89. The molecule has 0 bridgehead atoms. The summed E-state index contributed by atoms with van der Waals surface area (Å²) in [4.78, 5) is 19.1. The lowest BCUT2D eigenvalue weighted by molar-refractivity contribution is -0.134. The molecule has 0 radical (unpaired) electrons. The van der Waals surface area contributed by atoms with Crippen molar-refractivity contribution in [3.63, 3.8) is 0 Å². The van der Waals surface area contributed by atoms with Crippen molar-refractivity contribution in [1.82, 2.24) is 5.32 Å². The molecule has 0 fully saturated rings. The highest BCUT2D eigenvalue weighted by atomic mass is 16.5. The van der Waals surface area contributed by atoms with Crippen LogP contribution in [0.2, 0.25) is 0 Å². The molecule has 0 saturated carbocycles. The smallest absolute Gasteiger partial charge is 0.328 e. The number of carboxylic acid groups (broad SMARTS) is 2. The molecule has 0 spiro atoms. The van der Waals surface area contributed by atoms with E-state index in [1.54, 1.807) is 20.3 Å². The number of aliphatic hydroxyl groups is 1. The standard InChI is InChI=1S/C23H31NO5.C4H4O4/c1-4-13-28-16-19-7-5-6-8-21(19)29-17-20(25)15-24-12-11-18-9-10-22(26-2)23(14-18)27-3;5-3(6)1-2-4(7)8/h4-10,14,20,24-25H,1,11-13,15-17H2,2-3H3;1-2H,(H,5,6)(H,7,8). The van der Waals surface area contributed by atoms with Gasteiger partial charge < -0.3 is 39.6 Å². The summed E-state index contributed by atoms with van der Waals surface area (Å²) in [6, 6.07) is 13.5. The van der Waals surface area contributed by atoms with Gasteiger partial charge in [-0.2, -0.15) is 0 Å². The number of aliphatic carboxylic acids is 2. The van der Waals surface area contributed by atoms with E-state index >= 15 is 0 Å². The summed E-state index contributed by atoms with van der Waals surface area (Å²) in [5.74, 6) is -0.359. The lowest BCUT2D eigenvalue weighted by Gasteiger charge is -2.16. The van der Waals surface area contributed by atoms with E-state index in [1.807, 2.05) is 42.5 Å². The van der Waals surface area contributed by atoms with Gasteiger partial charge in [-0.15, -0.1) is 6.58 Å². The van der Waals surface area contributed by atoms with E-state index in [2.05, 4.69) is 11.9 Å². The molecule has 0 amide bonds. The van der Waals surface area contributed by atoms with Crippen molar-refractivity contribution in [2.45, 2.75) is 19.1 Å². The van der Waals surface area contributed by atoms with Crippen molar-refractivity contribution in [2.24, 2.45) is 0 Å². The van der Waals surface area contributed by atoms with E-state index in [0.717, 1.165) is 29.8 Å². The van der Waals surface area contributed by atoms with Crippen molar-refractivity contribution in [3.8, 4) is 17.2 Å². The Labute approximate surface area is 216 Å². The summed E-state index contributed by atoms with van der Waals surface area (Å²) in [6.45, 7) is 5.96. The number of rotatable bonds is 16. The average molecular weight is 518 g/mol. The van der Waals surface area contributed by atoms with E-state index in [4.69, 9.17) is 29.2 Å². The number of para-hydroxylation sites is 1. The normalized spacial score (nSPS) is 11.2. The molecule has 0 aliphatic carbocycles. The van der Waals surface area contributed by atoms with Crippen LogP contribution in [0.5, 0.6) is 17.2 Å². The van der Waals surface area contributed by atoms with Gasteiger partial charge >= 0.3 is 11.9 Å². The lowest BCUT2D eigenvalue weighted by atomic mass is 10.1. The zero-order valence-corrected chi connectivity index (χ0v) is 21.1. The molecule has 10 heteroatoms. The molecule has 202 valence electrons. The molecule has 10 nitrogen and oxygen atoms in total. The molecule has 0 aliphatic rings. The molecule has 2 rings (SSSR count). The van der Waals surface area contributed by atoms with Gasteiger partial charge in [0, 0.05) is 24.3 Å². The van der Waals surface area contributed by atoms with Gasteiger partial charge in [0.15, 0.2) is 11.5 Å². The van der Waals surface area contributed by atoms with Crippen LogP contribution >= 0.6 is 0 Å². The van der Waals surface area contributed by atoms with Crippen LogP contribution < -0.4 is 19.5 Å². The van der Waals surface area contributed by atoms with E-state index < -0.39 is 18.0 Å². The van der Waals surface area contributed by atoms with Gasteiger partial charge in [-0.05, 0) is 36.7 Å². The molecule has 37 heavy (non-hydrogen) atoms. The van der Waals surface area contributed by atoms with Gasteiger partial charge in [-0.3, -0.25) is 0 Å². The fourth-order valence-corrected chi connectivity index (χ4v) is 2.94. The first-order chi connectivity index (χ1) is 17.8. The zero-order chi connectivity index (χ0) is 27.5. The molecule has 2 aromatic carbocycles. The number of aliphatic hydroxyl groups excluding tert-OH is 1. The summed E-state index contributed by atoms with van der Waals surface area (Å²) in [5, 5.41) is 29.1. The lowest BCUT2D eigenvalue weighted by Crippen LogP contribution is -2.32. The molecule has 2 aromatic rings. The first-order valence-electron chi connectivity index (χ1n) is 11.4. The minimum Gasteiger partial charge on any atom is -0.493 e. The number of hydrogen-bond donors (Lipinski definition) is 4. The Morgan fingerprint density at radius 2 is 1.68 bits per heavy atom. The fourth-order valence-electron chi connectivity index (χ4n) is 2.94. The number of methoxy groups -OCH3 is 2. The number of ether oxygens (including phenoxy) is 4. The van der Waals surface area contributed by atoms with E-state index in [9.17, 15) is 14.7 Å². The maximum absolute atomic E-state index is 10.2. The van der Waals surface area contributed by atoms with Crippen LogP contribution in [-0.4, -0.2) is 73.9 Å². The summed E-state index contributed by atoms with van der Waals surface area (Å²) < 4.78 is 21.8. The number of hydrogen-bond acceptors (Lipinski definition) is 8. The summed E-state index contributed by atoms with van der Waals surface area (Å²) in [7, 11) is 3.25. The highest BCUT2D eigenvalue weighted by molar-refractivity contribution is 5.89. The highest BCUT2D eigenvalue weighted by Gasteiger charge is 2.09. The Hall–Kier alpha value is -3.86. The molecule has 1 atom stereocenters. The zero-order valence-electron chi connectivity index (χ0n) is 21.1. The topological polar surface area (TPSA) is 144 Å². The van der Waals surface area contributed by atoms with Crippen molar-refractivity contribution < 1.29 is 43.9 Å². The number of carboxylic acids is 2. The Morgan fingerprint density at radius 3 is 2.30 bits per heavy atom. The second kappa shape index (κ2) is 18.4. The van der Waals surface area contributed by atoms with Crippen LogP contribution in [0, 0.1) is 0 Å². The third kappa shape index (κ3) is 13.7. The monoisotopic (exact) mass is 517 g/mol. The summed E-state index contributed by atoms with van der Waals surface area (Å²) in [6.07, 6.45) is 3.03. The van der Waals surface area contributed by atoms with Gasteiger partial charge in [-0.1, -0.05) is 30.3 Å². The first-order valence-corrected chi connectivity index (χ1v) is 11.4. The summed E-state index contributed by atoms with van der Waals surface area (Å²) in [5.41, 5.74) is 2.08. The molecule has 4 N–H and O–H groups in total. The Kier molecular flexibility index (Phi) is 15.5. The van der Waals surface area contributed by atoms with Crippen LogP contribution in [0.25, 0.3) is 0 Å². The fraction of sp³-hybridized carbons (Fsp3) is 0.333. The van der Waals surface area contributed by atoms with Crippen LogP contribution in [0.15, 0.2) is 67.3 Å². The molecular weight excluding hydrogens is 482 g/mol. The van der Waals surface area contributed by atoms with E-state index in [0.29, 0.717) is 43.4 Å². The van der Waals surface area contributed by atoms with Crippen LogP contribution in [0.4, 0.5) is 0 Å². The highest BCUT2D eigenvalue weighted by Crippen LogP contribution is 2.27. The Morgan fingerprint density at radius 1 is 1.00 bits per heavy atom. The van der Waals surface area contributed by atoms with Crippen molar-refractivity contribution in [2.75, 3.05) is 40.5 Å². The second-order valence-corrected chi connectivity index (χ2v) is 7.53. The first kappa shape index (κ1) is 31.2. The summed E-state index contributed by atoms with van der Waals surface area (Å²) >= 11 is 0. The van der Waals surface area contributed by atoms with E-state index in [-0.39, 0.29) is 6.61 Å². The molecular formula is C27H35NO9. The molecule has 0 aromatic heterocycles. The number of benzene rings is 2. The second-order valence-electron chi connectivity index (χ2n) is 7.53. The SMILES string of the molecule is C=CCOCc1ccccc1OCC(O)CNCCc1ccc(OC)c(OC)c1.O=C(O)C=CC(=O)O. The van der Waals surface area contributed by atoms with Crippen molar-refractivity contribution >= 4 is 11.9 Å². The van der Waals surface area contributed by atoms with Gasteiger partial charge in [-0.25, -0.2) is 9.59 Å². The maximum atomic E-state index is 10.2. The van der Waals surface area contributed by atoms with Crippen LogP contribution in [0.1, 0.15) is 11.1 Å². The van der Waals surface area contributed by atoms with Gasteiger partial charge in [0.2, 0.25) is 0 Å². The van der Waals surface area contributed by atoms with Crippen LogP contribution in [0.3, 0.4) is 0 Å². The number of carbonyl (C=O) groups is 2. The van der Waals surface area contributed by atoms with Gasteiger partial charge in [0.1, 0.15) is 18.5 Å². The van der Waals surface area contributed by atoms with Crippen molar-refractivity contribution in [3.05, 3.63) is 78.4 Å². The predicted octanol–water partition coefficient (Wildman–Crippen LogP) is 2.69. The third-order valence-corrected chi connectivity index (χ3v) is 4.68. The Bertz CT molecular complexity index is 991. The molecule has 1 unspecified atom stereocenters. The van der Waals surface area contributed by atoms with Crippen LogP contribution in [-0.2, 0) is 27.4 Å². The minimum atomic E-state index is -1.26. The molecule has 0 saturated heterocycles. The number of nitrogens with one attached hydrogen (secondary N) is 1. The Balaban J connectivity index is 0.000000738.